The van der Waals surface area contributed by atoms with Gasteiger partial charge in [0.15, 0.2) is 0 Å². The quantitative estimate of drug-likeness (QED) is 0.659. The van der Waals surface area contributed by atoms with Gasteiger partial charge in [0.1, 0.15) is 5.01 Å². The van der Waals surface area contributed by atoms with Crippen molar-refractivity contribution in [2.45, 2.75) is 13.8 Å². The van der Waals surface area contributed by atoms with Crippen molar-refractivity contribution >= 4 is 27.0 Å². The summed E-state index contributed by atoms with van der Waals surface area (Å²) in [5.41, 5.74) is 4.87. The summed E-state index contributed by atoms with van der Waals surface area (Å²) in [5, 5.41) is 3.00. The third-order valence-electron chi connectivity index (χ3n) is 3.94. The maximum atomic E-state index is 11.8. The molecule has 0 aliphatic rings. The summed E-state index contributed by atoms with van der Waals surface area (Å²) in [6, 6.07) is 15.8. The molecule has 0 radical (unpaired) electrons. The summed E-state index contributed by atoms with van der Waals surface area (Å²) in [6.45, 7) is 4.30. The van der Waals surface area contributed by atoms with E-state index in [1.807, 2.05) is 36.6 Å². The molecule has 3 aromatic rings. The zero-order chi connectivity index (χ0) is 18.0. The molecule has 2 aromatic carbocycles. The van der Waals surface area contributed by atoms with E-state index in [0.717, 1.165) is 21.8 Å². The van der Waals surface area contributed by atoms with Gasteiger partial charge in [-0.3, -0.25) is 4.31 Å². The van der Waals surface area contributed by atoms with Crippen molar-refractivity contribution in [1.29, 1.82) is 0 Å². The lowest BCUT2D eigenvalue weighted by molar-refractivity contribution is 0.598. The molecule has 6 heteroatoms. The first-order valence-corrected chi connectivity index (χ1v) is 10.7. The van der Waals surface area contributed by atoms with Gasteiger partial charge >= 0.3 is 0 Å². The molecule has 130 valence electrons. The van der Waals surface area contributed by atoms with Crippen LogP contribution >= 0.6 is 11.3 Å². The third kappa shape index (κ3) is 3.91. The molecule has 0 atom stereocenters. The van der Waals surface area contributed by atoms with Gasteiger partial charge in [0.05, 0.1) is 17.6 Å². The average Bonchev–Trinajstić information content (AvgIpc) is 3.05. The fourth-order valence-corrected chi connectivity index (χ4v) is 4.45. The summed E-state index contributed by atoms with van der Waals surface area (Å²) in [5.74, 6) is 0. The molecule has 4 nitrogen and oxygen atoms in total. The Balaban J connectivity index is 1.87. The number of sulfonamides is 1. The van der Waals surface area contributed by atoms with Crippen LogP contribution < -0.4 is 4.31 Å². The van der Waals surface area contributed by atoms with Crippen molar-refractivity contribution in [3.63, 3.8) is 0 Å². The number of hydrogen-bond donors (Lipinski definition) is 0. The van der Waals surface area contributed by atoms with E-state index in [-0.39, 0.29) is 0 Å². The van der Waals surface area contributed by atoms with Crippen LogP contribution in [0.2, 0.25) is 0 Å². The first-order valence-electron chi connectivity index (χ1n) is 7.99. The predicted octanol–water partition coefficient (Wildman–Crippen LogP) is 4.57. The monoisotopic (exact) mass is 372 g/mol. The Kier molecular flexibility index (Phi) is 4.92. The number of rotatable bonds is 5. The van der Waals surface area contributed by atoms with Gasteiger partial charge in [-0.25, -0.2) is 13.4 Å². The minimum Gasteiger partial charge on any atom is -0.271 e. The topological polar surface area (TPSA) is 50.3 Å². The summed E-state index contributed by atoms with van der Waals surface area (Å²) >= 11 is 1.61. The number of aromatic nitrogens is 1. The van der Waals surface area contributed by atoms with Gasteiger partial charge < -0.3 is 0 Å². The van der Waals surface area contributed by atoms with E-state index >= 15 is 0 Å². The molecule has 0 aliphatic carbocycles. The Labute approximate surface area is 152 Å². The molecular weight excluding hydrogens is 352 g/mol. The van der Waals surface area contributed by atoms with Gasteiger partial charge in [-0.2, -0.15) is 0 Å². The number of aryl methyl sites for hydroxylation is 1. The Morgan fingerprint density at radius 1 is 1.00 bits per heavy atom. The van der Waals surface area contributed by atoms with Crippen molar-refractivity contribution in [1.82, 2.24) is 4.98 Å². The van der Waals surface area contributed by atoms with Gasteiger partial charge in [-0.05, 0) is 26.0 Å². The highest BCUT2D eigenvalue weighted by Crippen LogP contribution is 2.30. The summed E-state index contributed by atoms with van der Waals surface area (Å²) in [6.07, 6.45) is 1.22. The molecule has 1 aromatic heterocycles. The van der Waals surface area contributed by atoms with Gasteiger partial charge in [0.25, 0.3) is 0 Å². The molecule has 25 heavy (non-hydrogen) atoms. The molecule has 0 aliphatic heterocycles. The van der Waals surface area contributed by atoms with Crippen LogP contribution in [0.1, 0.15) is 12.5 Å². The van der Waals surface area contributed by atoms with Crippen LogP contribution in [0.5, 0.6) is 0 Å². The highest BCUT2D eigenvalue weighted by molar-refractivity contribution is 7.92. The zero-order valence-corrected chi connectivity index (χ0v) is 16.1. The van der Waals surface area contributed by atoms with Gasteiger partial charge in [0.2, 0.25) is 10.0 Å². The second-order valence-electron chi connectivity index (χ2n) is 5.88. The second kappa shape index (κ2) is 6.98. The van der Waals surface area contributed by atoms with Gasteiger partial charge in [-0.15, -0.1) is 11.3 Å². The average molecular weight is 373 g/mol. The maximum Gasteiger partial charge on any atom is 0.232 e. The van der Waals surface area contributed by atoms with Crippen LogP contribution in [0, 0.1) is 6.92 Å². The summed E-state index contributed by atoms with van der Waals surface area (Å²) < 4.78 is 25.0. The van der Waals surface area contributed by atoms with Crippen molar-refractivity contribution in [3.05, 3.63) is 59.5 Å². The van der Waals surface area contributed by atoms with Crippen LogP contribution in [0.15, 0.2) is 53.9 Å². The van der Waals surface area contributed by atoms with E-state index < -0.39 is 10.0 Å². The predicted molar refractivity (Wildman–Crippen MR) is 106 cm³/mol. The van der Waals surface area contributed by atoms with E-state index in [9.17, 15) is 8.42 Å². The summed E-state index contributed by atoms with van der Waals surface area (Å²) in [4.78, 5) is 4.71. The van der Waals surface area contributed by atoms with Crippen LogP contribution in [0.25, 0.3) is 21.8 Å². The number of anilines is 1. The lowest BCUT2D eigenvalue weighted by Crippen LogP contribution is -2.29. The maximum absolute atomic E-state index is 11.8. The van der Waals surface area contributed by atoms with E-state index in [0.29, 0.717) is 12.2 Å². The molecule has 3 rings (SSSR count). The Morgan fingerprint density at radius 3 is 2.16 bits per heavy atom. The molecule has 0 N–H and O–H groups in total. The Hall–Kier alpha value is -2.18. The lowest BCUT2D eigenvalue weighted by atomic mass is 10.1. The summed E-state index contributed by atoms with van der Waals surface area (Å²) in [7, 11) is -3.26. The zero-order valence-electron chi connectivity index (χ0n) is 14.4. The Morgan fingerprint density at radius 2 is 1.60 bits per heavy atom. The van der Waals surface area contributed by atoms with Crippen molar-refractivity contribution in [3.8, 4) is 21.8 Å². The minimum absolute atomic E-state index is 0.409. The lowest BCUT2D eigenvalue weighted by Gasteiger charge is -2.20. The molecule has 0 spiro atoms. The largest absolute Gasteiger partial charge is 0.271 e. The molecule has 0 amide bonds. The normalized spacial score (nSPS) is 11.5. The number of nitrogens with zero attached hydrogens (tertiary/aromatic N) is 2. The molecule has 0 fully saturated rings. The third-order valence-corrected chi connectivity index (χ3v) is 6.10. The van der Waals surface area contributed by atoms with Crippen LogP contribution in [-0.2, 0) is 10.0 Å². The highest BCUT2D eigenvalue weighted by atomic mass is 32.2. The molecule has 0 saturated carbocycles. The first kappa shape index (κ1) is 17.6. The molecule has 0 saturated heterocycles. The molecule has 1 heterocycles. The first-order chi connectivity index (χ1) is 11.9. The van der Waals surface area contributed by atoms with Crippen molar-refractivity contribution in [2.75, 3.05) is 17.1 Å². The molecular formula is C19H20N2O2S2. The van der Waals surface area contributed by atoms with E-state index in [2.05, 4.69) is 31.2 Å². The van der Waals surface area contributed by atoms with E-state index in [1.165, 1.54) is 16.1 Å². The van der Waals surface area contributed by atoms with Crippen LogP contribution in [0.3, 0.4) is 0 Å². The second-order valence-corrected chi connectivity index (χ2v) is 8.64. The fraction of sp³-hybridized carbons (Fsp3) is 0.211. The number of hydrogen-bond acceptors (Lipinski definition) is 4. The van der Waals surface area contributed by atoms with Crippen molar-refractivity contribution in [2.24, 2.45) is 0 Å². The molecule has 0 unspecified atom stereocenters. The fourth-order valence-electron chi connectivity index (χ4n) is 2.64. The van der Waals surface area contributed by atoms with Crippen LogP contribution in [0.4, 0.5) is 5.69 Å². The number of benzene rings is 2. The van der Waals surface area contributed by atoms with Crippen molar-refractivity contribution < 1.29 is 8.42 Å². The molecule has 0 bridgehead atoms. The van der Waals surface area contributed by atoms with Crippen LogP contribution in [-0.4, -0.2) is 26.2 Å². The number of thiazole rings is 1. The van der Waals surface area contributed by atoms with Gasteiger partial charge in [-0.1, -0.05) is 42.0 Å². The highest BCUT2D eigenvalue weighted by Gasteiger charge is 2.15. The van der Waals surface area contributed by atoms with E-state index in [1.54, 1.807) is 11.3 Å². The SMILES string of the molecule is CCN(c1ccc(-c2csc(-c3ccc(C)cc3)n2)cc1)S(C)(=O)=O. The standard InChI is InChI=1S/C19H20N2O2S2/c1-4-21(25(3,22)23)17-11-9-15(10-12-17)18-13-24-19(20-18)16-7-5-14(2)6-8-16/h5-13H,4H2,1-3H3. The van der Waals surface area contributed by atoms with Gasteiger partial charge in [0, 0.05) is 23.1 Å². The van der Waals surface area contributed by atoms with E-state index in [4.69, 9.17) is 4.98 Å². The minimum atomic E-state index is -3.26. The Bertz CT molecular complexity index is 959. The smallest absolute Gasteiger partial charge is 0.232 e.